The zero-order valence-electron chi connectivity index (χ0n) is 11.2. The number of nitrogens with one attached hydrogen (secondary N) is 1. The van der Waals surface area contributed by atoms with E-state index in [2.05, 4.69) is 10.4 Å². The van der Waals surface area contributed by atoms with Crippen LogP contribution in [0.2, 0.25) is 0 Å². The maximum absolute atomic E-state index is 12.4. The van der Waals surface area contributed by atoms with E-state index >= 15 is 0 Å². The molecule has 19 heavy (non-hydrogen) atoms. The first-order chi connectivity index (χ1) is 8.82. The third kappa shape index (κ3) is 2.58. The van der Waals surface area contributed by atoms with Crippen molar-refractivity contribution in [3.63, 3.8) is 0 Å². The molecule has 1 aliphatic rings. The van der Waals surface area contributed by atoms with Gasteiger partial charge in [0.1, 0.15) is 6.20 Å². The summed E-state index contributed by atoms with van der Waals surface area (Å²) < 4.78 is 1.26. The Bertz CT molecular complexity index is 522. The minimum atomic E-state index is -0.576. The highest BCUT2D eigenvalue weighted by Crippen LogP contribution is 2.21. The van der Waals surface area contributed by atoms with E-state index in [-0.39, 0.29) is 22.8 Å². The molecule has 0 aromatic carbocycles. The van der Waals surface area contributed by atoms with E-state index < -0.39 is 4.92 Å². The Balaban J connectivity index is 2.29. The molecule has 0 bridgehead atoms. The maximum atomic E-state index is 12.4. The number of amides is 1. The number of aryl methyl sites for hydroxylation is 1. The lowest BCUT2D eigenvalue weighted by Gasteiger charge is -2.38. The Morgan fingerprint density at radius 3 is 2.84 bits per heavy atom. The summed E-state index contributed by atoms with van der Waals surface area (Å²) in [7, 11) is 1.54. The van der Waals surface area contributed by atoms with E-state index in [1.807, 2.05) is 13.8 Å². The van der Waals surface area contributed by atoms with E-state index in [0.29, 0.717) is 19.6 Å². The minimum absolute atomic E-state index is 0.0303. The average Bonchev–Trinajstić information content (AvgIpc) is 2.69. The Kier molecular flexibility index (Phi) is 3.27. The molecule has 1 aliphatic heterocycles. The molecule has 1 aromatic heterocycles. The molecule has 1 saturated heterocycles. The number of nitrogens with zero attached hydrogens (tertiary/aromatic N) is 4. The van der Waals surface area contributed by atoms with Crippen molar-refractivity contribution in [3.05, 3.63) is 22.0 Å². The van der Waals surface area contributed by atoms with E-state index in [9.17, 15) is 14.9 Å². The Hall–Kier alpha value is -1.96. The van der Waals surface area contributed by atoms with Gasteiger partial charge in [0.15, 0.2) is 0 Å². The molecule has 8 nitrogen and oxygen atoms in total. The largest absolute Gasteiger partial charge is 0.334 e. The highest BCUT2D eigenvalue weighted by atomic mass is 16.6. The molecule has 0 atom stereocenters. The molecule has 0 spiro atoms. The van der Waals surface area contributed by atoms with Gasteiger partial charge in [0, 0.05) is 32.2 Å². The van der Waals surface area contributed by atoms with Crippen molar-refractivity contribution in [1.82, 2.24) is 20.0 Å². The first-order valence-electron chi connectivity index (χ1n) is 6.02. The fourth-order valence-electron chi connectivity index (χ4n) is 2.27. The van der Waals surface area contributed by atoms with E-state index in [4.69, 9.17) is 0 Å². The highest BCUT2D eigenvalue weighted by Gasteiger charge is 2.34. The zero-order valence-corrected chi connectivity index (χ0v) is 11.2. The molecule has 8 heteroatoms. The van der Waals surface area contributed by atoms with Crippen LogP contribution in [0.4, 0.5) is 5.69 Å². The number of rotatable bonds is 2. The SMILES string of the molecule is Cn1ncc([N+](=O)[O-])c1C(=O)N1CCNC(C)(C)C1. The van der Waals surface area contributed by atoms with Crippen LogP contribution in [0.5, 0.6) is 0 Å². The summed E-state index contributed by atoms with van der Waals surface area (Å²) >= 11 is 0. The molecule has 0 aliphatic carbocycles. The summed E-state index contributed by atoms with van der Waals surface area (Å²) in [6.07, 6.45) is 1.11. The Morgan fingerprint density at radius 2 is 2.26 bits per heavy atom. The van der Waals surface area contributed by atoms with Crippen molar-refractivity contribution in [2.75, 3.05) is 19.6 Å². The standard InChI is InChI=1S/C11H17N5O3/c1-11(2)7-15(5-4-12-11)10(17)9-8(16(18)19)6-13-14(9)3/h6,12H,4-5,7H2,1-3H3. The molecule has 1 amide bonds. The number of carbonyl (C=O) groups is 1. The smallest absolute Gasteiger partial charge is 0.320 e. The van der Waals surface area contributed by atoms with Crippen LogP contribution in [0, 0.1) is 10.1 Å². The predicted octanol–water partition coefficient (Wildman–Crippen LogP) is 0.152. The van der Waals surface area contributed by atoms with Crippen LogP contribution in [0.25, 0.3) is 0 Å². The third-order valence-electron chi connectivity index (χ3n) is 3.18. The lowest BCUT2D eigenvalue weighted by Crippen LogP contribution is -2.58. The first kappa shape index (κ1) is 13.5. The van der Waals surface area contributed by atoms with Gasteiger partial charge in [-0.2, -0.15) is 5.10 Å². The molecule has 0 saturated carbocycles. The second kappa shape index (κ2) is 4.61. The summed E-state index contributed by atoms with van der Waals surface area (Å²) in [5.41, 5.74) is -0.409. The molecule has 104 valence electrons. The number of hydrogen-bond acceptors (Lipinski definition) is 5. The van der Waals surface area contributed by atoms with Gasteiger partial charge in [0.05, 0.1) is 4.92 Å². The summed E-state index contributed by atoms with van der Waals surface area (Å²) in [6.45, 7) is 5.69. The molecule has 2 rings (SSSR count). The summed E-state index contributed by atoms with van der Waals surface area (Å²) in [5, 5.41) is 18.0. The summed E-state index contributed by atoms with van der Waals surface area (Å²) in [4.78, 5) is 24.4. The van der Waals surface area contributed by atoms with Crippen LogP contribution in [-0.2, 0) is 7.05 Å². The highest BCUT2D eigenvalue weighted by molar-refractivity contribution is 5.96. The third-order valence-corrected chi connectivity index (χ3v) is 3.18. The van der Waals surface area contributed by atoms with Gasteiger partial charge in [-0.1, -0.05) is 0 Å². The molecule has 1 N–H and O–H groups in total. The van der Waals surface area contributed by atoms with Crippen molar-refractivity contribution < 1.29 is 9.72 Å². The number of nitro groups is 1. The second-order valence-electron chi connectivity index (χ2n) is 5.30. The van der Waals surface area contributed by atoms with Crippen molar-refractivity contribution >= 4 is 11.6 Å². The first-order valence-corrected chi connectivity index (χ1v) is 6.02. The van der Waals surface area contributed by atoms with Crippen molar-refractivity contribution in [1.29, 1.82) is 0 Å². The van der Waals surface area contributed by atoms with Crippen LogP contribution in [0.1, 0.15) is 24.3 Å². The Labute approximate surface area is 110 Å². The monoisotopic (exact) mass is 267 g/mol. The number of aromatic nitrogens is 2. The van der Waals surface area contributed by atoms with Crippen LogP contribution in [0.3, 0.4) is 0 Å². The van der Waals surface area contributed by atoms with Crippen molar-refractivity contribution in [3.8, 4) is 0 Å². The van der Waals surface area contributed by atoms with Gasteiger partial charge in [-0.25, -0.2) is 0 Å². The fraction of sp³-hybridized carbons (Fsp3) is 0.636. The lowest BCUT2D eigenvalue weighted by atomic mass is 10.0. The van der Waals surface area contributed by atoms with Gasteiger partial charge in [-0.15, -0.1) is 0 Å². The van der Waals surface area contributed by atoms with Gasteiger partial charge in [0.25, 0.3) is 5.91 Å². The molecular formula is C11H17N5O3. The normalized spacial score (nSPS) is 18.4. The van der Waals surface area contributed by atoms with E-state index in [0.717, 1.165) is 6.20 Å². The van der Waals surface area contributed by atoms with Gasteiger partial charge in [0.2, 0.25) is 5.69 Å². The maximum Gasteiger partial charge on any atom is 0.320 e. The molecule has 0 unspecified atom stereocenters. The summed E-state index contributed by atoms with van der Waals surface area (Å²) in [6, 6.07) is 0. The molecule has 2 heterocycles. The van der Waals surface area contributed by atoms with Crippen LogP contribution in [-0.4, -0.2) is 50.7 Å². The van der Waals surface area contributed by atoms with Crippen molar-refractivity contribution in [2.24, 2.45) is 7.05 Å². The van der Waals surface area contributed by atoms with Crippen LogP contribution >= 0.6 is 0 Å². The number of hydrogen-bond donors (Lipinski definition) is 1. The fourth-order valence-corrected chi connectivity index (χ4v) is 2.27. The van der Waals surface area contributed by atoms with Gasteiger partial charge in [-0.05, 0) is 13.8 Å². The zero-order chi connectivity index (χ0) is 14.2. The molecular weight excluding hydrogens is 250 g/mol. The summed E-state index contributed by atoms with van der Waals surface area (Å²) in [5.74, 6) is -0.346. The molecule has 0 radical (unpaired) electrons. The topological polar surface area (TPSA) is 93.3 Å². The molecule has 1 fully saturated rings. The predicted molar refractivity (Wildman–Crippen MR) is 67.8 cm³/mol. The minimum Gasteiger partial charge on any atom is -0.334 e. The number of piperazine rings is 1. The second-order valence-corrected chi connectivity index (χ2v) is 5.30. The van der Waals surface area contributed by atoms with E-state index in [1.165, 1.54) is 11.7 Å². The quantitative estimate of drug-likeness (QED) is 0.608. The Morgan fingerprint density at radius 1 is 1.58 bits per heavy atom. The number of carbonyl (C=O) groups excluding carboxylic acids is 1. The van der Waals surface area contributed by atoms with Gasteiger partial charge < -0.3 is 10.2 Å². The van der Waals surface area contributed by atoms with Crippen LogP contribution in [0.15, 0.2) is 6.20 Å². The van der Waals surface area contributed by atoms with Crippen LogP contribution < -0.4 is 5.32 Å². The van der Waals surface area contributed by atoms with Gasteiger partial charge >= 0.3 is 5.69 Å². The van der Waals surface area contributed by atoms with Crippen molar-refractivity contribution in [2.45, 2.75) is 19.4 Å². The average molecular weight is 267 g/mol. The van der Waals surface area contributed by atoms with Gasteiger partial charge in [-0.3, -0.25) is 19.6 Å². The molecule has 1 aromatic rings. The lowest BCUT2D eigenvalue weighted by molar-refractivity contribution is -0.385. The van der Waals surface area contributed by atoms with E-state index in [1.54, 1.807) is 4.90 Å².